The molecule has 2 nitrogen and oxygen atoms in total. The summed E-state index contributed by atoms with van der Waals surface area (Å²) in [5.41, 5.74) is 2.63. The van der Waals surface area contributed by atoms with Gasteiger partial charge in [-0.15, -0.1) is 0 Å². The van der Waals surface area contributed by atoms with Crippen LogP contribution >= 0.6 is 0 Å². The third-order valence-electron chi connectivity index (χ3n) is 3.59. The molecule has 1 fully saturated rings. The van der Waals surface area contributed by atoms with E-state index >= 15 is 0 Å². The van der Waals surface area contributed by atoms with Gasteiger partial charge in [-0.2, -0.15) is 0 Å². The van der Waals surface area contributed by atoms with Crippen molar-refractivity contribution >= 4 is 0 Å². The van der Waals surface area contributed by atoms with Gasteiger partial charge in [0.2, 0.25) is 0 Å². The van der Waals surface area contributed by atoms with Crippen molar-refractivity contribution in [2.45, 2.75) is 44.8 Å². The largest absolute Gasteiger partial charge is 0.376 e. The quantitative estimate of drug-likeness (QED) is 0.843. The zero-order chi connectivity index (χ0) is 12.1. The summed E-state index contributed by atoms with van der Waals surface area (Å²) < 4.78 is 5.99. The first-order valence-electron chi connectivity index (χ1n) is 6.65. The summed E-state index contributed by atoms with van der Waals surface area (Å²) in [6.45, 7) is 2.92. The molecule has 0 saturated heterocycles. The smallest absolute Gasteiger partial charge is 0.0665 e. The van der Waals surface area contributed by atoms with Crippen LogP contribution in [0.15, 0.2) is 24.3 Å². The Morgan fingerprint density at radius 1 is 1.35 bits per heavy atom. The van der Waals surface area contributed by atoms with E-state index < -0.39 is 0 Å². The van der Waals surface area contributed by atoms with Gasteiger partial charge >= 0.3 is 0 Å². The van der Waals surface area contributed by atoms with Crippen molar-refractivity contribution in [3.8, 4) is 0 Å². The van der Waals surface area contributed by atoms with Crippen molar-refractivity contribution < 1.29 is 4.74 Å². The van der Waals surface area contributed by atoms with Gasteiger partial charge in [-0.25, -0.2) is 0 Å². The number of aryl methyl sites for hydroxylation is 1. The molecule has 0 spiro atoms. The molecular formula is C15H23NO. The van der Waals surface area contributed by atoms with E-state index in [2.05, 4.69) is 36.5 Å². The third-order valence-corrected chi connectivity index (χ3v) is 3.59. The van der Waals surface area contributed by atoms with Crippen LogP contribution in [0.25, 0.3) is 0 Å². The van der Waals surface area contributed by atoms with Crippen LogP contribution in [0.1, 0.15) is 42.9 Å². The molecule has 0 bridgehead atoms. The standard InChI is InChI=1S/C15H23NO/c1-12-6-5-7-13(10-12)15(16-2)11-17-14-8-3-4-9-14/h5-7,10,14-16H,3-4,8-9,11H2,1-2H3. The third kappa shape index (κ3) is 3.55. The topological polar surface area (TPSA) is 21.3 Å². The van der Waals surface area contributed by atoms with Gasteiger partial charge in [0, 0.05) is 0 Å². The average Bonchev–Trinajstić information content (AvgIpc) is 2.83. The Bertz CT molecular complexity index is 345. The number of ether oxygens (including phenoxy) is 1. The van der Waals surface area contributed by atoms with Crippen molar-refractivity contribution in [1.29, 1.82) is 0 Å². The Kier molecular flexibility index (Phi) is 4.57. The highest BCUT2D eigenvalue weighted by molar-refractivity contribution is 5.25. The molecule has 0 amide bonds. The van der Waals surface area contributed by atoms with Crippen molar-refractivity contribution in [2.75, 3.05) is 13.7 Å². The Balaban J connectivity index is 1.91. The van der Waals surface area contributed by atoms with Crippen LogP contribution in [0.5, 0.6) is 0 Å². The van der Waals surface area contributed by atoms with Gasteiger partial charge in [0.05, 0.1) is 18.8 Å². The van der Waals surface area contributed by atoms with Crippen LogP contribution in [0.3, 0.4) is 0 Å². The lowest BCUT2D eigenvalue weighted by molar-refractivity contribution is 0.0439. The lowest BCUT2D eigenvalue weighted by Crippen LogP contribution is -2.24. The zero-order valence-electron chi connectivity index (χ0n) is 10.9. The van der Waals surface area contributed by atoms with Gasteiger partial charge in [-0.1, -0.05) is 42.7 Å². The molecular weight excluding hydrogens is 210 g/mol. The molecule has 94 valence electrons. The van der Waals surface area contributed by atoms with Crippen molar-refractivity contribution in [2.24, 2.45) is 0 Å². The molecule has 2 rings (SSSR count). The molecule has 1 aromatic carbocycles. The van der Waals surface area contributed by atoms with Crippen LogP contribution in [0.4, 0.5) is 0 Å². The second-order valence-electron chi connectivity index (χ2n) is 5.00. The maximum Gasteiger partial charge on any atom is 0.0665 e. The molecule has 1 N–H and O–H groups in total. The van der Waals surface area contributed by atoms with Crippen LogP contribution in [0, 0.1) is 6.92 Å². The predicted molar refractivity (Wildman–Crippen MR) is 71.2 cm³/mol. The fourth-order valence-corrected chi connectivity index (χ4v) is 2.52. The molecule has 2 heteroatoms. The number of rotatable bonds is 5. The monoisotopic (exact) mass is 233 g/mol. The molecule has 1 saturated carbocycles. The maximum atomic E-state index is 5.99. The second kappa shape index (κ2) is 6.18. The lowest BCUT2D eigenvalue weighted by atomic mass is 10.1. The molecule has 0 aliphatic heterocycles. The van der Waals surface area contributed by atoms with E-state index in [1.165, 1.54) is 36.8 Å². The number of nitrogens with one attached hydrogen (secondary N) is 1. The van der Waals surface area contributed by atoms with Crippen LogP contribution in [-0.4, -0.2) is 19.8 Å². The van der Waals surface area contributed by atoms with Gasteiger partial charge in [0.1, 0.15) is 0 Å². The van der Waals surface area contributed by atoms with Gasteiger partial charge < -0.3 is 10.1 Å². The molecule has 0 aromatic heterocycles. The fourth-order valence-electron chi connectivity index (χ4n) is 2.52. The summed E-state index contributed by atoms with van der Waals surface area (Å²) in [7, 11) is 2.00. The highest BCUT2D eigenvalue weighted by atomic mass is 16.5. The van der Waals surface area contributed by atoms with Crippen LogP contribution in [0.2, 0.25) is 0 Å². The molecule has 0 heterocycles. The normalized spacial score (nSPS) is 18.5. The Morgan fingerprint density at radius 3 is 2.76 bits per heavy atom. The zero-order valence-corrected chi connectivity index (χ0v) is 10.9. The minimum absolute atomic E-state index is 0.315. The summed E-state index contributed by atoms with van der Waals surface area (Å²) in [6, 6.07) is 8.97. The molecule has 0 radical (unpaired) electrons. The van der Waals surface area contributed by atoms with E-state index in [0.717, 1.165) is 6.61 Å². The van der Waals surface area contributed by atoms with Crippen LogP contribution in [-0.2, 0) is 4.74 Å². The van der Waals surface area contributed by atoms with E-state index in [9.17, 15) is 0 Å². The van der Waals surface area contributed by atoms with E-state index in [-0.39, 0.29) is 0 Å². The highest BCUT2D eigenvalue weighted by Crippen LogP contribution is 2.23. The first kappa shape index (κ1) is 12.6. The lowest BCUT2D eigenvalue weighted by Gasteiger charge is -2.20. The maximum absolute atomic E-state index is 5.99. The van der Waals surface area contributed by atoms with Crippen molar-refractivity contribution in [3.63, 3.8) is 0 Å². The average molecular weight is 233 g/mol. The van der Waals surface area contributed by atoms with E-state index in [0.29, 0.717) is 12.1 Å². The Hall–Kier alpha value is -0.860. The van der Waals surface area contributed by atoms with Gasteiger partial charge in [0.25, 0.3) is 0 Å². The number of benzene rings is 1. The summed E-state index contributed by atoms with van der Waals surface area (Å²) in [4.78, 5) is 0. The second-order valence-corrected chi connectivity index (χ2v) is 5.00. The SMILES string of the molecule is CNC(COC1CCCC1)c1cccc(C)c1. The summed E-state index contributed by atoms with van der Waals surface area (Å²) >= 11 is 0. The minimum Gasteiger partial charge on any atom is -0.376 e. The highest BCUT2D eigenvalue weighted by Gasteiger charge is 2.17. The number of likely N-dealkylation sites (N-methyl/N-ethyl adjacent to an activating group) is 1. The minimum atomic E-state index is 0.315. The van der Waals surface area contributed by atoms with Crippen molar-refractivity contribution in [1.82, 2.24) is 5.32 Å². The van der Waals surface area contributed by atoms with Gasteiger partial charge in [-0.3, -0.25) is 0 Å². The van der Waals surface area contributed by atoms with E-state index in [1.807, 2.05) is 7.05 Å². The van der Waals surface area contributed by atoms with Crippen molar-refractivity contribution in [3.05, 3.63) is 35.4 Å². The van der Waals surface area contributed by atoms with Crippen LogP contribution < -0.4 is 5.32 Å². The van der Waals surface area contributed by atoms with E-state index in [4.69, 9.17) is 4.74 Å². The first-order valence-corrected chi connectivity index (χ1v) is 6.65. The molecule has 1 aromatic rings. The fraction of sp³-hybridized carbons (Fsp3) is 0.600. The van der Waals surface area contributed by atoms with Gasteiger partial charge in [-0.05, 0) is 32.4 Å². The van der Waals surface area contributed by atoms with Gasteiger partial charge in [0.15, 0.2) is 0 Å². The van der Waals surface area contributed by atoms with E-state index in [1.54, 1.807) is 0 Å². The predicted octanol–water partition coefficient (Wildman–Crippen LogP) is 3.21. The molecule has 1 unspecified atom stereocenters. The Labute approximate surface area is 104 Å². The number of hydrogen-bond acceptors (Lipinski definition) is 2. The Morgan fingerprint density at radius 2 is 2.12 bits per heavy atom. The molecule has 17 heavy (non-hydrogen) atoms. The summed E-state index contributed by atoms with van der Waals surface area (Å²) in [6.07, 6.45) is 5.64. The first-order chi connectivity index (χ1) is 8.29. The number of hydrogen-bond donors (Lipinski definition) is 1. The molecule has 1 aliphatic rings. The summed E-state index contributed by atoms with van der Waals surface area (Å²) in [5, 5.41) is 3.34. The summed E-state index contributed by atoms with van der Waals surface area (Å²) in [5.74, 6) is 0. The molecule has 1 atom stereocenters. The molecule has 1 aliphatic carbocycles.